The maximum Gasteiger partial charge on any atom is 0.124 e. The molecule has 3 aromatic rings. The standard InChI is InChI=1S/C14H11BrFN3O/c15-12-6-10(16)2-1-9(12)5-14(20)11-7-18-19-4-3-17-8-13(11)19/h1-4,6-8,14,20H,5H2. The molecule has 2 heterocycles. The van der Waals surface area contributed by atoms with E-state index >= 15 is 0 Å². The highest BCUT2D eigenvalue weighted by Gasteiger charge is 2.15. The molecule has 2 aromatic heterocycles. The minimum Gasteiger partial charge on any atom is -0.388 e. The van der Waals surface area contributed by atoms with Crippen molar-refractivity contribution in [3.8, 4) is 0 Å². The molecule has 0 aliphatic heterocycles. The number of aliphatic hydroxyl groups is 1. The van der Waals surface area contributed by atoms with E-state index < -0.39 is 6.10 Å². The number of rotatable bonds is 3. The fraction of sp³-hybridized carbons (Fsp3) is 0.143. The molecule has 0 aliphatic rings. The molecule has 4 nitrogen and oxygen atoms in total. The van der Waals surface area contributed by atoms with E-state index in [-0.39, 0.29) is 5.82 Å². The summed E-state index contributed by atoms with van der Waals surface area (Å²) >= 11 is 3.30. The molecular weight excluding hydrogens is 325 g/mol. The molecular formula is C14H11BrFN3O. The quantitative estimate of drug-likeness (QED) is 0.800. The second-order valence-corrected chi connectivity index (χ2v) is 5.32. The highest BCUT2D eigenvalue weighted by atomic mass is 79.9. The Morgan fingerprint density at radius 1 is 1.35 bits per heavy atom. The van der Waals surface area contributed by atoms with Crippen LogP contribution < -0.4 is 0 Å². The third-order valence-electron chi connectivity index (χ3n) is 3.14. The van der Waals surface area contributed by atoms with Gasteiger partial charge >= 0.3 is 0 Å². The van der Waals surface area contributed by atoms with Crippen LogP contribution in [0.3, 0.4) is 0 Å². The predicted octanol–water partition coefficient (Wildman–Crippen LogP) is 2.91. The van der Waals surface area contributed by atoms with Crippen molar-refractivity contribution in [2.45, 2.75) is 12.5 Å². The first-order valence-corrected chi connectivity index (χ1v) is 6.83. The van der Waals surface area contributed by atoms with E-state index in [0.29, 0.717) is 16.5 Å². The molecule has 1 aromatic carbocycles. The van der Waals surface area contributed by atoms with Gasteiger partial charge in [-0.2, -0.15) is 5.10 Å². The molecule has 20 heavy (non-hydrogen) atoms. The van der Waals surface area contributed by atoms with Gasteiger partial charge in [0.2, 0.25) is 0 Å². The van der Waals surface area contributed by atoms with Crippen molar-refractivity contribution in [2.24, 2.45) is 0 Å². The Hall–Kier alpha value is -1.79. The summed E-state index contributed by atoms with van der Waals surface area (Å²) < 4.78 is 15.4. The minimum atomic E-state index is -0.724. The normalized spacial score (nSPS) is 12.8. The van der Waals surface area contributed by atoms with Gasteiger partial charge < -0.3 is 5.11 Å². The lowest BCUT2D eigenvalue weighted by Gasteiger charge is -2.11. The molecule has 1 unspecified atom stereocenters. The number of nitrogens with zero attached hydrogens (tertiary/aromatic N) is 3. The number of hydrogen-bond acceptors (Lipinski definition) is 3. The first-order chi connectivity index (χ1) is 9.65. The molecule has 0 fully saturated rings. The number of benzene rings is 1. The molecule has 0 saturated carbocycles. The zero-order valence-corrected chi connectivity index (χ0v) is 12.0. The highest BCUT2D eigenvalue weighted by molar-refractivity contribution is 9.10. The minimum absolute atomic E-state index is 0.310. The Bertz CT molecular complexity index is 759. The number of fused-ring (bicyclic) bond motifs is 1. The van der Waals surface area contributed by atoms with Crippen molar-refractivity contribution in [2.75, 3.05) is 0 Å². The van der Waals surface area contributed by atoms with Gasteiger partial charge in [-0.05, 0) is 17.7 Å². The smallest absolute Gasteiger partial charge is 0.124 e. The van der Waals surface area contributed by atoms with Crippen LogP contribution in [0.25, 0.3) is 5.52 Å². The topological polar surface area (TPSA) is 50.4 Å². The van der Waals surface area contributed by atoms with Gasteiger partial charge in [-0.15, -0.1) is 0 Å². The Kier molecular flexibility index (Phi) is 3.50. The summed E-state index contributed by atoms with van der Waals surface area (Å²) in [7, 11) is 0. The molecule has 6 heteroatoms. The number of aromatic nitrogens is 3. The molecule has 0 radical (unpaired) electrons. The fourth-order valence-corrected chi connectivity index (χ4v) is 2.63. The molecule has 1 N–H and O–H groups in total. The van der Waals surface area contributed by atoms with Crippen molar-refractivity contribution in [3.05, 3.63) is 64.4 Å². The van der Waals surface area contributed by atoms with E-state index in [1.54, 1.807) is 35.4 Å². The first kappa shape index (κ1) is 13.2. The van der Waals surface area contributed by atoms with Crippen molar-refractivity contribution < 1.29 is 9.50 Å². The summed E-state index contributed by atoms with van der Waals surface area (Å²) in [5.74, 6) is -0.310. The van der Waals surface area contributed by atoms with Gasteiger partial charge in [-0.1, -0.05) is 22.0 Å². The van der Waals surface area contributed by atoms with E-state index in [0.717, 1.165) is 11.1 Å². The first-order valence-electron chi connectivity index (χ1n) is 6.04. The molecule has 0 amide bonds. The Morgan fingerprint density at radius 2 is 2.20 bits per heavy atom. The molecule has 1 atom stereocenters. The number of hydrogen-bond donors (Lipinski definition) is 1. The highest BCUT2D eigenvalue weighted by Crippen LogP contribution is 2.26. The van der Waals surface area contributed by atoms with Crippen LogP contribution in [-0.4, -0.2) is 19.7 Å². The molecule has 0 saturated heterocycles. The summed E-state index contributed by atoms with van der Waals surface area (Å²) in [5.41, 5.74) is 2.30. The lowest BCUT2D eigenvalue weighted by atomic mass is 10.0. The van der Waals surface area contributed by atoms with Crippen molar-refractivity contribution in [1.82, 2.24) is 14.6 Å². The van der Waals surface area contributed by atoms with Crippen LogP contribution in [0, 0.1) is 5.82 Å². The third kappa shape index (κ3) is 2.44. The summed E-state index contributed by atoms with van der Waals surface area (Å²) in [4.78, 5) is 4.03. The summed E-state index contributed by atoms with van der Waals surface area (Å²) in [5, 5.41) is 14.5. The van der Waals surface area contributed by atoms with Crippen LogP contribution in [0.5, 0.6) is 0 Å². The average molecular weight is 336 g/mol. The van der Waals surface area contributed by atoms with Gasteiger partial charge in [-0.3, -0.25) is 4.98 Å². The van der Waals surface area contributed by atoms with Crippen LogP contribution in [0.2, 0.25) is 0 Å². The second-order valence-electron chi connectivity index (χ2n) is 4.46. The lowest BCUT2D eigenvalue weighted by molar-refractivity contribution is 0.179. The lowest BCUT2D eigenvalue weighted by Crippen LogP contribution is -2.02. The third-order valence-corrected chi connectivity index (χ3v) is 3.88. The Morgan fingerprint density at radius 3 is 3.00 bits per heavy atom. The van der Waals surface area contributed by atoms with E-state index in [2.05, 4.69) is 26.0 Å². The van der Waals surface area contributed by atoms with Crippen molar-refractivity contribution in [1.29, 1.82) is 0 Å². The zero-order chi connectivity index (χ0) is 14.1. The van der Waals surface area contributed by atoms with Crippen LogP contribution >= 0.6 is 15.9 Å². The molecule has 0 bridgehead atoms. The summed E-state index contributed by atoms with van der Waals surface area (Å²) in [6, 6.07) is 4.43. The van der Waals surface area contributed by atoms with Crippen molar-refractivity contribution >= 4 is 21.4 Å². The number of aliphatic hydroxyl groups excluding tert-OH is 1. The van der Waals surface area contributed by atoms with Gasteiger partial charge in [0.05, 0.1) is 24.0 Å². The molecule has 3 rings (SSSR count). The Balaban J connectivity index is 1.91. The monoisotopic (exact) mass is 335 g/mol. The molecule has 102 valence electrons. The fourth-order valence-electron chi connectivity index (χ4n) is 2.11. The molecule has 0 spiro atoms. The van der Waals surface area contributed by atoms with E-state index in [9.17, 15) is 9.50 Å². The van der Waals surface area contributed by atoms with Crippen LogP contribution in [0.4, 0.5) is 4.39 Å². The van der Waals surface area contributed by atoms with E-state index in [4.69, 9.17) is 0 Å². The van der Waals surface area contributed by atoms with Gasteiger partial charge in [-0.25, -0.2) is 8.91 Å². The SMILES string of the molecule is OC(Cc1ccc(F)cc1Br)c1cnn2ccncc12. The average Bonchev–Trinajstić information content (AvgIpc) is 2.86. The zero-order valence-electron chi connectivity index (χ0n) is 10.4. The van der Waals surface area contributed by atoms with Crippen LogP contribution in [0.1, 0.15) is 17.2 Å². The van der Waals surface area contributed by atoms with E-state index in [1.807, 2.05) is 0 Å². The summed E-state index contributed by atoms with van der Waals surface area (Å²) in [6.07, 6.45) is 6.28. The van der Waals surface area contributed by atoms with Gasteiger partial charge in [0.15, 0.2) is 0 Å². The van der Waals surface area contributed by atoms with E-state index in [1.165, 1.54) is 12.1 Å². The summed E-state index contributed by atoms with van der Waals surface area (Å²) in [6.45, 7) is 0. The van der Waals surface area contributed by atoms with Gasteiger partial charge in [0.25, 0.3) is 0 Å². The largest absolute Gasteiger partial charge is 0.388 e. The van der Waals surface area contributed by atoms with Crippen molar-refractivity contribution in [3.63, 3.8) is 0 Å². The van der Waals surface area contributed by atoms with Crippen LogP contribution in [-0.2, 0) is 6.42 Å². The van der Waals surface area contributed by atoms with Gasteiger partial charge in [0, 0.05) is 28.9 Å². The number of halogens is 2. The molecule has 0 aliphatic carbocycles. The second kappa shape index (κ2) is 5.30. The maximum atomic E-state index is 13.1. The maximum absolute atomic E-state index is 13.1. The van der Waals surface area contributed by atoms with Gasteiger partial charge in [0.1, 0.15) is 5.82 Å². The Labute approximate surface area is 123 Å². The van der Waals surface area contributed by atoms with Crippen LogP contribution in [0.15, 0.2) is 47.5 Å². The predicted molar refractivity (Wildman–Crippen MR) is 75.8 cm³/mol.